The van der Waals surface area contributed by atoms with Crippen LogP contribution < -0.4 is 5.32 Å². The number of hydrogen-bond donors (Lipinski definition) is 1. The highest BCUT2D eigenvalue weighted by Gasteiger charge is 2.13. The van der Waals surface area contributed by atoms with Gasteiger partial charge in [-0.2, -0.15) is 5.10 Å². The molecule has 3 rings (SSSR count). The molecule has 1 aromatic carbocycles. The lowest BCUT2D eigenvalue weighted by Crippen LogP contribution is -2.13. The zero-order valence-corrected chi connectivity index (χ0v) is 11.6. The van der Waals surface area contributed by atoms with Gasteiger partial charge in [0.25, 0.3) is 5.91 Å². The summed E-state index contributed by atoms with van der Waals surface area (Å²) in [5.74, 6) is -0.610. The minimum atomic E-state index is -0.345. The van der Waals surface area contributed by atoms with Crippen molar-refractivity contribution < 1.29 is 9.18 Å². The summed E-state index contributed by atoms with van der Waals surface area (Å²) in [6.45, 7) is 1.72. The predicted molar refractivity (Wildman–Crippen MR) is 77.6 cm³/mol. The maximum Gasteiger partial charge on any atom is 0.257 e. The third-order valence-corrected chi connectivity index (χ3v) is 3.18. The van der Waals surface area contributed by atoms with Crippen molar-refractivity contribution >= 4 is 22.5 Å². The molecule has 0 saturated heterocycles. The lowest BCUT2D eigenvalue weighted by atomic mass is 10.1. The fourth-order valence-electron chi connectivity index (χ4n) is 2.15. The number of nitrogens with one attached hydrogen (secondary N) is 1. The van der Waals surface area contributed by atoms with Crippen molar-refractivity contribution in [2.24, 2.45) is 7.05 Å². The van der Waals surface area contributed by atoms with Gasteiger partial charge in [-0.3, -0.25) is 14.5 Å². The van der Waals surface area contributed by atoms with E-state index in [1.165, 1.54) is 12.1 Å². The highest BCUT2D eigenvalue weighted by Crippen LogP contribution is 2.19. The summed E-state index contributed by atoms with van der Waals surface area (Å²) in [5.41, 5.74) is 2.15. The van der Waals surface area contributed by atoms with Crippen LogP contribution in [0.2, 0.25) is 0 Å². The van der Waals surface area contributed by atoms with Gasteiger partial charge in [0.1, 0.15) is 5.82 Å². The van der Waals surface area contributed by atoms with Crippen LogP contribution >= 0.6 is 0 Å². The predicted octanol–water partition coefficient (Wildman–Crippen LogP) is 2.67. The number of carbonyl (C=O) groups is 1. The molecule has 0 radical (unpaired) electrons. The lowest BCUT2D eigenvalue weighted by molar-refractivity contribution is 0.102. The third kappa shape index (κ3) is 2.60. The molecular formula is C15H13FN4O. The molecule has 0 aliphatic heterocycles. The van der Waals surface area contributed by atoms with Crippen molar-refractivity contribution in [2.75, 3.05) is 5.32 Å². The molecule has 21 heavy (non-hydrogen) atoms. The fraction of sp³-hybridized carbons (Fsp3) is 0.133. The number of aromatic nitrogens is 3. The molecule has 0 bridgehead atoms. The SMILES string of the molecule is Cc1nc2cc(F)ccc2cc1C(=O)Nc1cnn(C)c1. The first-order valence-electron chi connectivity index (χ1n) is 6.40. The van der Waals surface area contributed by atoms with Crippen molar-refractivity contribution in [2.45, 2.75) is 6.92 Å². The second-order valence-corrected chi connectivity index (χ2v) is 4.82. The Bertz CT molecular complexity index is 841. The van der Waals surface area contributed by atoms with E-state index in [0.717, 1.165) is 5.39 Å². The molecule has 6 heteroatoms. The highest BCUT2D eigenvalue weighted by atomic mass is 19.1. The van der Waals surface area contributed by atoms with Gasteiger partial charge in [-0.15, -0.1) is 0 Å². The van der Waals surface area contributed by atoms with E-state index in [1.807, 2.05) is 0 Å². The van der Waals surface area contributed by atoms with Crippen LogP contribution in [-0.4, -0.2) is 20.7 Å². The molecule has 5 nitrogen and oxygen atoms in total. The van der Waals surface area contributed by atoms with Gasteiger partial charge < -0.3 is 5.32 Å². The van der Waals surface area contributed by atoms with Gasteiger partial charge >= 0.3 is 0 Å². The number of aryl methyl sites for hydroxylation is 2. The first-order chi connectivity index (χ1) is 10.0. The van der Waals surface area contributed by atoms with Gasteiger partial charge in [0.15, 0.2) is 0 Å². The van der Waals surface area contributed by atoms with Gasteiger partial charge in [-0.1, -0.05) is 0 Å². The maximum absolute atomic E-state index is 13.2. The van der Waals surface area contributed by atoms with Crippen LogP contribution in [0.15, 0.2) is 36.7 Å². The lowest BCUT2D eigenvalue weighted by Gasteiger charge is -2.07. The van der Waals surface area contributed by atoms with Crippen molar-refractivity contribution in [3.63, 3.8) is 0 Å². The third-order valence-electron chi connectivity index (χ3n) is 3.18. The Morgan fingerprint density at radius 1 is 1.33 bits per heavy atom. The summed E-state index contributed by atoms with van der Waals surface area (Å²) in [7, 11) is 1.77. The van der Waals surface area contributed by atoms with Gasteiger partial charge in [0, 0.05) is 24.7 Å². The molecule has 106 valence electrons. The molecular weight excluding hydrogens is 271 g/mol. The Hall–Kier alpha value is -2.76. The first kappa shape index (κ1) is 13.2. The van der Waals surface area contributed by atoms with Crippen molar-refractivity contribution in [1.29, 1.82) is 0 Å². The number of rotatable bonds is 2. The van der Waals surface area contributed by atoms with E-state index in [1.54, 1.807) is 43.2 Å². The molecule has 1 amide bonds. The second kappa shape index (κ2) is 4.97. The Kier molecular flexibility index (Phi) is 3.13. The number of amides is 1. The summed E-state index contributed by atoms with van der Waals surface area (Å²) in [5, 5.41) is 7.47. The van der Waals surface area contributed by atoms with Crippen LogP contribution in [0.25, 0.3) is 10.9 Å². The molecule has 0 fully saturated rings. The number of benzene rings is 1. The summed E-state index contributed by atoms with van der Waals surface area (Å²) < 4.78 is 14.8. The van der Waals surface area contributed by atoms with E-state index in [4.69, 9.17) is 0 Å². The minimum absolute atomic E-state index is 0.265. The summed E-state index contributed by atoms with van der Waals surface area (Å²) in [4.78, 5) is 16.6. The average molecular weight is 284 g/mol. The van der Waals surface area contributed by atoms with Gasteiger partial charge in [-0.05, 0) is 25.1 Å². The second-order valence-electron chi connectivity index (χ2n) is 4.82. The summed E-state index contributed by atoms with van der Waals surface area (Å²) in [6, 6.07) is 6.02. The summed E-state index contributed by atoms with van der Waals surface area (Å²) >= 11 is 0. The largest absolute Gasteiger partial charge is 0.319 e. The molecule has 0 aliphatic rings. The normalized spacial score (nSPS) is 10.8. The standard InChI is InChI=1S/C15H13FN4O/c1-9-13(15(21)19-12-7-17-20(2)8-12)5-10-3-4-11(16)6-14(10)18-9/h3-8H,1-2H3,(H,19,21). The molecule has 1 N–H and O–H groups in total. The van der Waals surface area contributed by atoms with Crippen LogP contribution in [0.1, 0.15) is 16.1 Å². The smallest absolute Gasteiger partial charge is 0.257 e. The number of anilines is 1. The molecule has 2 heterocycles. The fourth-order valence-corrected chi connectivity index (χ4v) is 2.15. The van der Waals surface area contributed by atoms with Gasteiger partial charge in [0.2, 0.25) is 0 Å². The van der Waals surface area contributed by atoms with Crippen LogP contribution in [0, 0.1) is 12.7 Å². The van der Waals surface area contributed by atoms with Crippen LogP contribution in [-0.2, 0) is 7.05 Å². The average Bonchev–Trinajstić information content (AvgIpc) is 2.83. The number of carbonyl (C=O) groups excluding carboxylic acids is 1. The van der Waals surface area contributed by atoms with E-state index in [2.05, 4.69) is 15.4 Å². The zero-order valence-electron chi connectivity index (χ0n) is 11.6. The van der Waals surface area contributed by atoms with E-state index < -0.39 is 0 Å². The summed E-state index contributed by atoms with van der Waals surface area (Å²) in [6.07, 6.45) is 3.27. The monoisotopic (exact) mass is 284 g/mol. The Balaban J connectivity index is 1.97. The van der Waals surface area contributed by atoms with Gasteiger partial charge in [-0.25, -0.2) is 4.39 Å². The number of fused-ring (bicyclic) bond motifs is 1. The highest BCUT2D eigenvalue weighted by molar-refractivity contribution is 6.06. The van der Waals surface area contributed by atoms with E-state index in [9.17, 15) is 9.18 Å². The number of nitrogens with zero attached hydrogens (tertiary/aromatic N) is 3. The van der Waals surface area contributed by atoms with E-state index in [-0.39, 0.29) is 11.7 Å². The molecule has 0 unspecified atom stereocenters. The Labute approximate surface area is 120 Å². The molecule has 0 atom stereocenters. The van der Waals surface area contributed by atoms with E-state index >= 15 is 0 Å². The molecule has 2 aromatic heterocycles. The molecule has 3 aromatic rings. The molecule has 0 spiro atoms. The van der Waals surface area contributed by atoms with Crippen molar-refractivity contribution in [3.8, 4) is 0 Å². The number of hydrogen-bond acceptors (Lipinski definition) is 3. The topological polar surface area (TPSA) is 59.8 Å². The van der Waals surface area contributed by atoms with Crippen molar-refractivity contribution in [1.82, 2.24) is 14.8 Å². The van der Waals surface area contributed by atoms with Crippen molar-refractivity contribution in [3.05, 3.63) is 53.7 Å². The quantitative estimate of drug-likeness (QED) is 0.787. The Morgan fingerprint density at radius 2 is 2.14 bits per heavy atom. The number of pyridine rings is 1. The number of halogens is 1. The zero-order chi connectivity index (χ0) is 15.0. The molecule has 0 aliphatic carbocycles. The molecule has 0 saturated carbocycles. The first-order valence-corrected chi connectivity index (χ1v) is 6.40. The maximum atomic E-state index is 13.2. The van der Waals surface area contributed by atoms with Gasteiger partial charge in [0.05, 0.1) is 28.7 Å². The van der Waals surface area contributed by atoms with E-state index in [0.29, 0.717) is 22.5 Å². The Morgan fingerprint density at radius 3 is 2.86 bits per heavy atom. The van der Waals surface area contributed by atoms with Crippen LogP contribution in [0.4, 0.5) is 10.1 Å². The van der Waals surface area contributed by atoms with Crippen LogP contribution in [0.3, 0.4) is 0 Å². The minimum Gasteiger partial charge on any atom is -0.319 e. The van der Waals surface area contributed by atoms with Crippen LogP contribution in [0.5, 0.6) is 0 Å².